The molecule has 0 spiro atoms. The van der Waals surface area contributed by atoms with Crippen LogP contribution in [-0.2, 0) is 10.8 Å². The lowest BCUT2D eigenvalue weighted by Gasteiger charge is -2.42. The van der Waals surface area contributed by atoms with Gasteiger partial charge in [-0.3, -0.25) is 0 Å². The molecule has 0 amide bonds. The third-order valence-corrected chi connectivity index (χ3v) is 7.30. The SMILES string of the molecule is Cc1cccc2c1N1C=[N+]3c4c(C)cccc4C(C)(C)C[C@H]3[C@@H]1CC2(C)C. The molecule has 2 aromatic rings. The zero-order valence-electron chi connectivity index (χ0n) is 17.5. The van der Waals surface area contributed by atoms with Crippen LogP contribution in [-0.4, -0.2) is 23.0 Å². The lowest BCUT2D eigenvalue weighted by atomic mass is 9.68. The zero-order valence-corrected chi connectivity index (χ0v) is 17.5. The summed E-state index contributed by atoms with van der Waals surface area (Å²) in [4.78, 5) is 2.61. The first kappa shape index (κ1) is 17.0. The molecule has 0 radical (unpaired) electrons. The third kappa shape index (κ3) is 2.22. The van der Waals surface area contributed by atoms with E-state index in [0.29, 0.717) is 12.1 Å². The second kappa shape index (κ2) is 5.25. The van der Waals surface area contributed by atoms with Gasteiger partial charge in [0.1, 0.15) is 23.5 Å². The first-order valence-corrected chi connectivity index (χ1v) is 10.3. The van der Waals surface area contributed by atoms with Crippen molar-refractivity contribution in [1.82, 2.24) is 0 Å². The maximum Gasteiger partial charge on any atom is 0.245 e. The standard InChI is InChI=1S/C25H31N2/c1-16-9-7-11-18-22(16)26-15-27-21(20(26)13-24(18,3)4)14-25(5,6)19-12-8-10-17(2)23(19)27/h7-12,15,20-21H,13-14H2,1-6H3/q+1/t20-,21-/m0/s1. The van der Waals surface area contributed by atoms with E-state index in [2.05, 4.69) is 93.8 Å². The maximum atomic E-state index is 2.61. The highest BCUT2D eigenvalue weighted by Gasteiger charge is 2.55. The number of rotatable bonds is 0. The number of fused-ring (bicyclic) bond motifs is 7. The van der Waals surface area contributed by atoms with Gasteiger partial charge in [-0.1, -0.05) is 64.1 Å². The summed E-state index contributed by atoms with van der Waals surface area (Å²) in [5.41, 5.74) is 9.10. The Hall–Kier alpha value is -2.09. The van der Waals surface area contributed by atoms with E-state index < -0.39 is 0 Å². The molecular formula is C25H31N2+. The first-order valence-electron chi connectivity index (χ1n) is 10.3. The molecule has 2 heteroatoms. The van der Waals surface area contributed by atoms with Crippen molar-refractivity contribution in [3.05, 3.63) is 58.7 Å². The molecule has 2 atom stereocenters. The third-order valence-electron chi connectivity index (χ3n) is 7.30. The Balaban J connectivity index is 1.74. The average Bonchev–Trinajstić information content (AvgIpc) is 2.92. The summed E-state index contributed by atoms with van der Waals surface area (Å²) in [7, 11) is 0. The normalized spacial score (nSPS) is 26.6. The summed E-state index contributed by atoms with van der Waals surface area (Å²) < 4.78 is 2.61. The van der Waals surface area contributed by atoms with Crippen molar-refractivity contribution in [1.29, 1.82) is 0 Å². The van der Waals surface area contributed by atoms with Gasteiger partial charge in [-0.2, -0.15) is 0 Å². The Morgan fingerprint density at radius 2 is 1.48 bits per heavy atom. The van der Waals surface area contributed by atoms with Crippen LogP contribution in [0.5, 0.6) is 0 Å². The second-order valence-corrected chi connectivity index (χ2v) is 10.2. The van der Waals surface area contributed by atoms with Crippen LogP contribution in [0.15, 0.2) is 36.4 Å². The van der Waals surface area contributed by atoms with Gasteiger partial charge in [-0.05, 0) is 35.8 Å². The molecule has 2 nitrogen and oxygen atoms in total. The Morgan fingerprint density at radius 1 is 0.852 bits per heavy atom. The highest BCUT2D eigenvalue weighted by atomic mass is 15.3. The summed E-state index contributed by atoms with van der Waals surface area (Å²) in [5, 5.41) is 0. The topological polar surface area (TPSA) is 6.25 Å². The molecule has 3 heterocycles. The Kier molecular flexibility index (Phi) is 3.31. The zero-order chi connectivity index (χ0) is 19.1. The van der Waals surface area contributed by atoms with Gasteiger partial charge in [0.2, 0.25) is 6.34 Å². The number of nitrogens with zero attached hydrogens (tertiary/aromatic N) is 2. The molecule has 27 heavy (non-hydrogen) atoms. The first-order chi connectivity index (χ1) is 12.7. The van der Waals surface area contributed by atoms with Gasteiger partial charge >= 0.3 is 0 Å². The van der Waals surface area contributed by atoms with Crippen LogP contribution >= 0.6 is 0 Å². The molecule has 3 aliphatic heterocycles. The van der Waals surface area contributed by atoms with Gasteiger partial charge in [0.25, 0.3) is 0 Å². The molecular weight excluding hydrogens is 328 g/mol. The van der Waals surface area contributed by atoms with Crippen molar-refractivity contribution < 1.29 is 4.58 Å². The van der Waals surface area contributed by atoms with Crippen molar-refractivity contribution in [2.45, 2.75) is 77.3 Å². The highest BCUT2D eigenvalue weighted by molar-refractivity contribution is 5.85. The van der Waals surface area contributed by atoms with E-state index in [4.69, 9.17) is 0 Å². The van der Waals surface area contributed by atoms with Crippen molar-refractivity contribution in [2.24, 2.45) is 0 Å². The van der Waals surface area contributed by atoms with Crippen LogP contribution in [0.1, 0.15) is 62.8 Å². The largest absolute Gasteiger partial charge is 0.245 e. The van der Waals surface area contributed by atoms with Gasteiger partial charge in [0.05, 0.1) is 0 Å². The number of aryl methyl sites for hydroxylation is 2. The number of hydrogen-bond acceptors (Lipinski definition) is 1. The average molecular weight is 360 g/mol. The monoisotopic (exact) mass is 359 g/mol. The van der Waals surface area contributed by atoms with E-state index >= 15 is 0 Å². The van der Waals surface area contributed by atoms with Gasteiger partial charge < -0.3 is 0 Å². The number of anilines is 1. The molecule has 0 saturated heterocycles. The van der Waals surface area contributed by atoms with Crippen LogP contribution in [0.25, 0.3) is 0 Å². The molecule has 0 N–H and O–H groups in total. The maximum absolute atomic E-state index is 2.61. The Morgan fingerprint density at radius 3 is 2.22 bits per heavy atom. The van der Waals surface area contributed by atoms with Crippen LogP contribution in [0.3, 0.4) is 0 Å². The molecule has 0 fully saturated rings. The predicted octanol–water partition coefficient (Wildman–Crippen LogP) is 5.60. The Labute approximate surface area is 163 Å². The van der Waals surface area contributed by atoms with Crippen LogP contribution < -0.4 is 4.90 Å². The smallest absolute Gasteiger partial charge is 0.226 e. The van der Waals surface area contributed by atoms with E-state index in [1.807, 2.05) is 0 Å². The van der Waals surface area contributed by atoms with Gasteiger partial charge in [-0.15, -0.1) is 0 Å². The molecule has 3 aliphatic rings. The summed E-state index contributed by atoms with van der Waals surface area (Å²) in [6.45, 7) is 14.3. The molecule has 0 bridgehead atoms. The van der Waals surface area contributed by atoms with Crippen molar-refractivity contribution in [3.8, 4) is 0 Å². The molecule has 140 valence electrons. The predicted molar refractivity (Wildman–Crippen MR) is 114 cm³/mol. The van der Waals surface area contributed by atoms with Crippen molar-refractivity contribution >= 4 is 17.7 Å². The quantitative estimate of drug-likeness (QED) is 0.555. The number of hydrogen-bond donors (Lipinski definition) is 0. The van der Waals surface area contributed by atoms with E-state index in [-0.39, 0.29) is 10.8 Å². The lowest BCUT2D eigenvalue weighted by molar-refractivity contribution is -0.484. The molecule has 0 aromatic heterocycles. The van der Waals surface area contributed by atoms with Crippen LogP contribution in [0.2, 0.25) is 0 Å². The summed E-state index contributed by atoms with van der Waals surface area (Å²) in [5.74, 6) is 0. The van der Waals surface area contributed by atoms with E-state index in [1.54, 1.807) is 0 Å². The number of benzene rings is 2. The fourth-order valence-electron chi connectivity index (χ4n) is 5.95. The molecule has 0 aliphatic carbocycles. The van der Waals surface area contributed by atoms with Crippen LogP contribution in [0.4, 0.5) is 11.4 Å². The molecule has 0 unspecified atom stereocenters. The Bertz CT molecular complexity index is 980. The molecule has 0 saturated carbocycles. The van der Waals surface area contributed by atoms with Gasteiger partial charge in [-0.25, -0.2) is 9.48 Å². The van der Waals surface area contributed by atoms with Crippen molar-refractivity contribution in [2.75, 3.05) is 4.90 Å². The van der Waals surface area contributed by atoms with E-state index in [9.17, 15) is 0 Å². The van der Waals surface area contributed by atoms with Gasteiger partial charge in [0, 0.05) is 24.0 Å². The summed E-state index contributed by atoms with van der Waals surface area (Å²) in [6, 6.07) is 14.8. The number of para-hydroxylation sites is 2. The fraction of sp³-hybridized carbons (Fsp3) is 0.480. The summed E-state index contributed by atoms with van der Waals surface area (Å²) in [6.07, 6.45) is 4.84. The minimum Gasteiger partial charge on any atom is -0.226 e. The highest BCUT2D eigenvalue weighted by Crippen LogP contribution is 2.51. The summed E-state index contributed by atoms with van der Waals surface area (Å²) >= 11 is 0. The second-order valence-electron chi connectivity index (χ2n) is 10.2. The van der Waals surface area contributed by atoms with Crippen molar-refractivity contribution in [3.63, 3.8) is 0 Å². The minimum atomic E-state index is 0.211. The van der Waals surface area contributed by atoms with E-state index in [0.717, 1.165) is 0 Å². The van der Waals surface area contributed by atoms with E-state index in [1.165, 1.54) is 46.5 Å². The molecule has 5 rings (SSSR count). The van der Waals surface area contributed by atoms with Gasteiger partial charge in [0.15, 0.2) is 0 Å². The van der Waals surface area contributed by atoms with Crippen LogP contribution in [0, 0.1) is 13.8 Å². The lowest BCUT2D eigenvalue weighted by Crippen LogP contribution is -2.50. The molecule has 2 aromatic carbocycles. The minimum absolute atomic E-state index is 0.211. The fourth-order valence-corrected chi connectivity index (χ4v) is 5.95.